The lowest BCUT2D eigenvalue weighted by Crippen LogP contribution is -2.44. The van der Waals surface area contributed by atoms with Crippen LogP contribution in [-0.2, 0) is 0 Å². The van der Waals surface area contributed by atoms with Crippen LogP contribution in [0.5, 0.6) is 11.5 Å². The number of hydrogen-bond donors (Lipinski definition) is 0. The number of carbonyl (C=O) groups excluding carboxylic acids is 2. The lowest BCUT2D eigenvalue weighted by Gasteiger charge is -2.37. The minimum Gasteiger partial charge on any atom is -0.452 e. The van der Waals surface area contributed by atoms with Gasteiger partial charge in [0.2, 0.25) is 0 Å². The fraction of sp³-hybridized carbons (Fsp3) is 0.188. The molecule has 0 bridgehead atoms. The zero-order chi connectivity index (χ0) is 24.8. The van der Waals surface area contributed by atoms with Crippen molar-refractivity contribution in [2.24, 2.45) is 0 Å². The summed E-state index contributed by atoms with van der Waals surface area (Å²) in [6.45, 7) is 0. The van der Waals surface area contributed by atoms with Gasteiger partial charge in [0.25, 0.3) is 5.79 Å². The van der Waals surface area contributed by atoms with Gasteiger partial charge in [-0.15, -0.1) is 0 Å². The van der Waals surface area contributed by atoms with E-state index in [4.69, 9.17) is 9.47 Å². The van der Waals surface area contributed by atoms with E-state index in [1.165, 1.54) is 0 Å². The summed E-state index contributed by atoms with van der Waals surface area (Å²) < 4.78 is 12.9. The number of carbonyl (C=O) groups is 2. The molecule has 0 N–H and O–H groups in total. The molecule has 1 aliphatic carbocycles. The quantitative estimate of drug-likeness (QED) is 0.198. The van der Waals surface area contributed by atoms with Crippen molar-refractivity contribution in [1.82, 2.24) is 0 Å². The number of rotatable bonds is 8. The molecule has 5 rings (SSSR count). The first-order chi connectivity index (χ1) is 17.6. The predicted octanol–water partition coefficient (Wildman–Crippen LogP) is 7.27. The van der Waals surface area contributed by atoms with Crippen LogP contribution in [0.3, 0.4) is 0 Å². The van der Waals surface area contributed by atoms with Gasteiger partial charge in [-0.2, -0.15) is 0 Å². The highest BCUT2D eigenvalue weighted by Crippen LogP contribution is 2.35. The van der Waals surface area contributed by atoms with Gasteiger partial charge < -0.3 is 9.47 Å². The Morgan fingerprint density at radius 1 is 0.472 bits per heavy atom. The van der Waals surface area contributed by atoms with Crippen LogP contribution in [0.1, 0.15) is 63.9 Å². The number of benzene rings is 4. The van der Waals surface area contributed by atoms with E-state index in [-0.39, 0.29) is 11.6 Å². The molecule has 4 aromatic carbocycles. The molecule has 0 saturated heterocycles. The van der Waals surface area contributed by atoms with Crippen molar-refractivity contribution in [3.63, 3.8) is 0 Å². The second kappa shape index (κ2) is 10.6. The molecule has 1 fully saturated rings. The molecule has 4 aromatic rings. The molecular formula is C32H28O4. The molecule has 0 amide bonds. The van der Waals surface area contributed by atoms with E-state index >= 15 is 0 Å². The van der Waals surface area contributed by atoms with Crippen LogP contribution in [-0.4, -0.2) is 17.4 Å². The maximum atomic E-state index is 12.7. The molecule has 1 aliphatic rings. The summed E-state index contributed by atoms with van der Waals surface area (Å²) >= 11 is 0. The first kappa shape index (κ1) is 23.6. The van der Waals surface area contributed by atoms with E-state index in [9.17, 15) is 9.59 Å². The smallest absolute Gasteiger partial charge is 0.251 e. The SMILES string of the molecule is O=C(c1ccccc1)c1ccc(OC2(Oc3ccc(C(=O)c4ccccc4)cc3)CCCCC2)cc1. The topological polar surface area (TPSA) is 52.6 Å². The molecule has 0 heterocycles. The summed E-state index contributed by atoms with van der Waals surface area (Å²) in [5.41, 5.74) is 2.55. The first-order valence-electron chi connectivity index (χ1n) is 12.4. The highest BCUT2D eigenvalue weighted by atomic mass is 16.7. The largest absolute Gasteiger partial charge is 0.452 e. The minimum absolute atomic E-state index is 0.0177. The zero-order valence-corrected chi connectivity index (χ0v) is 20.1. The van der Waals surface area contributed by atoms with Gasteiger partial charge in [-0.25, -0.2) is 0 Å². The van der Waals surface area contributed by atoms with Gasteiger partial charge in [0.05, 0.1) is 0 Å². The monoisotopic (exact) mass is 476 g/mol. The third kappa shape index (κ3) is 5.38. The second-order valence-electron chi connectivity index (χ2n) is 9.11. The first-order valence-corrected chi connectivity index (χ1v) is 12.4. The van der Waals surface area contributed by atoms with Crippen LogP contribution >= 0.6 is 0 Å². The van der Waals surface area contributed by atoms with Crippen LogP contribution in [0.15, 0.2) is 109 Å². The van der Waals surface area contributed by atoms with Crippen LogP contribution in [0.2, 0.25) is 0 Å². The van der Waals surface area contributed by atoms with E-state index in [1.807, 2.05) is 84.9 Å². The van der Waals surface area contributed by atoms with Crippen molar-refractivity contribution in [2.45, 2.75) is 37.9 Å². The number of ether oxygens (including phenoxy) is 2. The molecule has 4 heteroatoms. The Balaban J connectivity index is 1.30. The van der Waals surface area contributed by atoms with Crippen molar-refractivity contribution in [2.75, 3.05) is 0 Å². The van der Waals surface area contributed by atoms with Crippen LogP contribution in [0, 0.1) is 0 Å². The summed E-state index contributed by atoms with van der Waals surface area (Å²) in [6, 6.07) is 33.0. The minimum atomic E-state index is -0.784. The van der Waals surface area contributed by atoms with Crippen molar-refractivity contribution in [3.8, 4) is 11.5 Å². The molecule has 0 radical (unpaired) electrons. The van der Waals surface area contributed by atoms with E-state index in [0.717, 1.165) is 32.1 Å². The summed E-state index contributed by atoms with van der Waals surface area (Å²) in [4.78, 5) is 25.5. The second-order valence-corrected chi connectivity index (χ2v) is 9.11. The Morgan fingerprint density at radius 3 is 1.22 bits per heavy atom. The average molecular weight is 477 g/mol. The molecule has 4 nitrogen and oxygen atoms in total. The third-order valence-electron chi connectivity index (χ3n) is 6.53. The Labute approximate surface area is 211 Å². The van der Waals surface area contributed by atoms with Crippen molar-refractivity contribution >= 4 is 11.6 Å². The summed E-state index contributed by atoms with van der Waals surface area (Å²) in [5.74, 6) is 0.510. The summed E-state index contributed by atoms with van der Waals surface area (Å²) in [7, 11) is 0. The van der Waals surface area contributed by atoms with E-state index in [1.54, 1.807) is 24.3 Å². The predicted molar refractivity (Wildman–Crippen MR) is 140 cm³/mol. The van der Waals surface area contributed by atoms with Gasteiger partial charge in [-0.1, -0.05) is 67.1 Å². The normalized spacial score (nSPS) is 14.6. The molecule has 1 saturated carbocycles. The summed E-state index contributed by atoms with van der Waals surface area (Å²) in [6.07, 6.45) is 4.69. The Bertz CT molecular complexity index is 1210. The highest BCUT2D eigenvalue weighted by molar-refractivity contribution is 6.09. The van der Waals surface area contributed by atoms with Gasteiger partial charge >= 0.3 is 0 Å². The van der Waals surface area contributed by atoms with Gasteiger partial charge in [0.1, 0.15) is 11.5 Å². The standard InChI is InChI=1S/C32H28O4/c33-30(24-10-4-1-5-11-24)26-14-18-28(19-15-26)35-32(22-8-3-9-23-32)36-29-20-16-27(17-21-29)31(34)25-12-6-2-7-13-25/h1-2,4-7,10-21H,3,8-9,22-23H2. The number of ketones is 2. The summed E-state index contributed by atoms with van der Waals surface area (Å²) in [5, 5.41) is 0. The Hall–Kier alpha value is -4.18. The highest BCUT2D eigenvalue weighted by Gasteiger charge is 2.37. The van der Waals surface area contributed by atoms with Gasteiger partial charge in [-0.3, -0.25) is 9.59 Å². The lowest BCUT2D eigenvalue weighted by molar-refractivity contribution is -0.137. The fourth-order valence-corrected chi connectivity index (χ4v) is 4.61. The lowest BCUT2D eigenvalue weighted by atomic mass is 9.93. The van der Waals surface area contributed by atoms with Gasteiger partial charge in [-0.05, 0) is 61.4 Å². The Kier molecular flexibility index (Phi) is 6.94. The van der Waals surface area contributed by atoms with Crippen LogP contribution in [0.4, 0.5) is 0 Å². The molecule has 0 spiro atoms. The molecule has 0 atom stereocenters. The van der Waals surface area contributed by atoms with E-state index in [0.29, 0.717) is 33.8 Å². The molecule has 0 aliphatic heterocycles. The molecule has 0 unspecified atom stereocenters. The third-order valence-corrected chi connectivity index (χ3v) is 6.53. The molecular weight excluding hydrogens is 448 g/mol. The number of hydrogen-bond acceptors (Lipinski definition) is 4. The van der Waals surface area contributed by atoms with Crippen molar-refractivity contribution in [3.05, 3.63) is 131 Å². The van der Waals surface area contributed by atoms with Crippen LogP contribution in [0.25, 0.3) is 0 Å². The van der Waals surface area contributed by atoms with Gasteiger partial charge in [0, 0.05) is 35.1 Å². The maximum absolute atomic E-state index is 12.7. The molecule has 0 aromatic heterocycles. The Morgan fingerprint density at radius 2 is 0.833 bits per heavy atom. The van der Waals surface area contributed by atoms with Crippen molar-refractivity contribution < 1.29 is 19.1 Å². The molecule has 36 heavy (non-hydrogen) atoms. The van der Waals surface area contributed by atoms with Gasteiger partial charge in [0.15, 0.2) is 11.6 Å². The zero-order valence-electron chi connectivity index (χ0n) is 20.1. The maximum Gasteiger partial charge on any atom is 0.251 e. The fourth-order valence-electron chi connectivity index (χ4n) is 4.61. The van der Waals surface area contributed by atoms with Crippen LogP contribution < -0.4 is 9.47 Å². The molecule has 180 valence electrons. The van der Waals surface area contributed by atoms with E-state index in [2.05, 4.69) is 0 Å². The van der Waals surface area contributed by atoms with E-state index < -0.39 is 5.79 Å². The van der Waals surface area contributed by atoms with Crippen molar-refractivity contribution in [1.29, 1.82) is 0 Å². The average Bonchev–Trinajstić information content (AvgIpc) is 2.94.